The summed E-state index contributed by atoms with van der Waals surface area (Å²) < 4.78 is 13.5. The number of carbonyl (C=O) groups is 1. The quantitative estimate of drug-likeness (QED) is 0.571. The van der Waals surface area contributed by atoms with Crippen LogP contribution in [0.3, 0.4) is 0 Å². The van der Waals surface area contributed by atoms with Gasteiger partial charge in [-0.2, -0.15) is 0 Å². The Labute approximate surface area is 173 Å². The van der Waals surface area contributed by atoms with Gasteiger partial charge in [-0.15, -0.1) is 0 Å². The van der Waals surface area contributed by atoms with Crippen molar-refractivity contribution in [1.82, 2.24) is 14.5 Å². The summed E-state index contributed by atoms with van der Waals surface area (Å²) in [6.07, 6.45) is 0.0749. The van der Waals surface area contributed by atoms with Gasteiger partial charge in [-0.1, -0.05) is 18.2 Å². The maximum Gasteiger partial charge on any atom is 0.316 e. The highest BCUT2D eigenvalue weighted by Gasteiger charge is 2.12. The van der Waals surface area contributed by atoms with Crippen LogP contribution in [0.1, 0.15) is 18.9 Å². The van der Waals surface area contributed by atoms with E-state index in [9.17, 15) is 14.4 Å². The van der Waals surface area contributed by atoms with E-state index < -0.39 is 11.1 Å². The lowest BCUT2D eigenvalue weighted by molar-refractivity contribution is -0.121. The number of methoxy groups -OCH3 is 1. The van der Waals surface area contributed by atoms with Crippen molar-refractivity contribution in [3.05, 3.63) is 68.7 Å². The molecule has 0 fully saturated rings. The first-order valence-electron chi connectivity index (χ1n) is 9.71. The molecule has 3 aromatic rings. The third-order valence-electron chi connectivity index (χ3n) is 4.85. The summed E-state index contributed by atoms with van der Waals surface area (Å²) >= 11 is 0. The minimum Gasteiger partial charge on any atom is -0.493 e. The molecule has 1 amide bonds. The maximum atomic E-state index is 12.4. The summed E-state index contributed by atoms with van der Waals surface area (Å²) in [4.78, 5) is 37.0. The highest BCUT2D eigenvalue weighted by molar-refractivity contribution is 5.77. The van der Waals surface area contributed by atoms with Crippen molar-refractivity contribution in [2.24, 2.45) is 7.05 Å². The largest absolute Gasteiger partial charge is 0.493 e. The second-order valence-electron chi connectivity index (χ2n) is 6.75. The molecule has 30 heavy (non-hydrogen) atoms. The van der Waals surface area contributed by atoms with E-state index in [2.05, 4.69) is 5.32 Å². The summed E-state index contributed by atoms with van der Waals surface area (Å²) in [7, 11) is 3.14. The van der Waals surface area contributed by atoms with Crippen LogP contribution in [0.5, 0.6) is 11.5 Å². The van der Waals surface area contributed by atoms with Crippen LogP contribution < -0.4 is 25.9 Å². The number of fused-ring (bicyclic) bond motifs is 1. The van der Waals surface area contributed by atoms with Crippen LogP contribution in [0.4, 0.5) is 0 Å². The predicted molar refractivity (Wildman–Crippen MR) is 114 cm³/mol. The van der Waals surface area contributed by atoms with Crippen LogP contribution >= 0.6 is 0 Å². The van der Waals surface area contributed by atoms with E-state index >= 15 is 0 Å². The van der Waals surface area contributed by atoms with Gasteiger partial charge in [-0.3, -0.25) is 14.4 Å². The normalized spacial score (nSPS) is 10.8. The van der Waals surface area contributed by atoms with Gasteiger partial charge in [0.25, 0.3) is 0 Å². The number of hydrogen-bond acceptors (Lipinski definition) is 5. The van der Waals surface area contributed by atoms with Crippen LogP contribution in [0, 0.1) is 0 Å². The summed E-state index contributed by atoms with van der Waals surface area (Å²) in [5.74, 6) is 1.02. The molecule has 0 aliphatic rings. The Kier molecular flexibility index (Phi) is 6.56. The smallest absolute Gasteiger partial charge is 0.316 e. The number of aryl methyl sites for hydroxylation is 2. The highest BCUT2D eigenvalue weighted by Crippen LogP contribution is 2.27. The third-order valence-corrected chi connectivity index (χ3v) is 4.85. The first-order chi connectivity index (χ1) is 14.5. The minimum absolute atomic E-state index is 0.0749. The second kappa shape index (κ2) is 9.30. The Balaban J connectivity index is 1.70. The topological polar surface area (TPSA) is 91.6 Å². The van der Waals surface area contributed by atoms with Gasteiger partial charge in [-0.05, 0) is 36.8 Å². The number of ether oxygens (including phenoxy) is 2. The number of nitrogens with zero attached hydrogens (tertiary/aromatic N) is 2. The number of aromatic nitrogens is 2. The molecule has 1 heterocycles. The van der Waals surface area contributed by atoms with Crippen molar-refractivity contribution < 1.29 is 14.3 Å². The van der Waals surface area contributed by atoms with Crippen molar-refractivity contribution in [2.75, 3.05) is 13.7 Å². The molecule has 0 atom stereocenters. The van der Waals surface area contributed by atoms with Crippen molar-refractivity contribution in [3.63, 3.8) is 0 Å². The Hall–Kier alpha value is -3.55. The van der Waals surface area contributed by atoms with Crippen LogP contribution in [0.15, 0.2) is 52.1 Å². The van der Waals surface area contributed by atoms with Gasteiger partial charge >= 0.3 is 11.1 Å². The summed E-state index contributed by atoms with van der Waals surface area (Å²) in [5, 5.41) is 2.84. The van der Waals surface area contributed by atoms with Gasteiger partial charge in [-0.25, -0.2) is 0 Å². The summed E-state index contributed by atoms with van der Waals surface area (Å²) in [6, 6.07) is 12.6. The molecule has 0 aliphatic heterocycles. The minimum atomic E-state index is -0.638. The third kappa shape index (κ3) is 4.37. The lowest BCUT2D eigenvalue weighted by Crippen LogP contribution is -2.41. The number of para-hydroxylation sites is 2. The fourth-order valence-corrected chi connectivity index (χ4v) is 3.28. The number of benzene rings is 2. The molecule has 0 aliphatic carbocycles. The zero-order valence-electron chi connectivity index (χ0n) is 17.3. The van der Waals surface area contributed by atoms with Gasteiger partial charge in [0.2, 0.25) is 5.91 Å². The average molecular weight is 411 g/mol. The molecule has 0 saturated heterocycles. The van der Waals surface area contributed by atoms with Gasteiger partial charge in [0.1, 0.15) is 0 Å². The first kappa shape index (κ1) is 21.2. The lowest BCUT2D eigenvalue weighted by atomic mass is 10.2. The van der Waals surface area contributed by atoms with Crippen molar-refractivity contribution >= 4 is 16.9 Å². The van der Waals surface area contributed by atoms with Crippen molar-refractivity contribution in [1.29, 1.82) is 0 Å². The Bertz CT molecular complexity index is 1180. The van der Waals surface area contributed by atoms with E-state index in [4.69, 9.17) is 9.47 Å². The average Bonchev–Trinajstić information content (AvgIpc) is 2.76. The summed E-state index contributed by atoms with van der Waals surface area (Å²) in [6.45, 7) is 2.82. The number of amides is 1. The zero-order valence-corrected chi connectivity index (χ0v) is 17.3. The molecule has 0 saturated carbocycles. The highest BCUT2D eigenvalue weighted by atomic mass is 16.5. The van der Waals surface area contributed by atoms with E-state index in [1.54, 1.807) is 44.5 Å². The monoisotopic (exact) mass is 411 g/mol. The number of carbonyl (C=O) groups excluding carboxylic acids is 1. The van der Waals surface area contributed by atoms with Crippen LogP contribution in [0.25, 0.3) is 11.0 Å². The van der Waals surface area contributed by atoms with E-state index in [0.717, 1.165) is 5.56 Å². The lowest BCUT2D eigenvalue weighted by Gasteiger charge is -2.13. The van der Waals surface area contributed by atoms with Gasteiger partial charge < -0.3 is 23.9 Å². The van der Waals surface area contributed by atoms with Gasteiger partial charge in [0.05, 0.1) is 24.8 Å². The van der Waals surface area contributed by atoms with Crippen LogP contribution in [-0.4, -0.2) is 28.8 Å². The SMILES string of the molecule is CCOc1cc(CNC(=O)CCn2c(=O)c(=O)n(C)c3ccccc32)ccc1OC. The van der Waals surface area contributed by atoms with E-state index in [1.807, 2.05) is 19.1 Å². The maximum absolute atomic E-state index is 12.4. The van der Waals surface area contributed by atoms with Crippen LogP contribution in [-0.2, 0) is 24.9 Å². The first-order valence-corrected chi connectivity index (χ1v) is 9.71. The predicted octanol–water partition coefficient (Wildman–Crippen LogP) is 1.81. The molecule has 0 spiro atoms. The molecule has 2 aromatic carbocycles. The van der Waals surface area contributed by atoms with Crippen molar-refractivity contribution in [3.8, 4) is 11.5 Å². The molecule has 1 N–H and O–H groups in total. The molecular formula is C22H25N3O5. The molecule has 1 aromatic heterocycles. The van der Waals surface area contributed by atoms with E-state index in [-0.39, 0.29) is 18.9 Å². The summed E-state index contributed by atoms with van der Waals surface area (Å²) in [5.41, 5.74) is 0.873. The molecule has 0 radical (unpaired) electrons. The zero-order chi connectivity index (χ0) is 21.7. The molecular weight excluding hydrogens is 386 g/mol. The molecule has 8 nitrogen and oxygen atoms in total. The Morgan fingerprint density at radius 1 is 1.03 bits per heavy atom. The van der Waals surface area contributed by atoms with E-state index in [0.29, 0.717) is 35.7 Å². The van der Waals surface area contributed by atoms with Crippen molar-refractivity contribution in [2.45, 2.75) is 26.4 Å². The van der Waals surface area contributed by atoms with Gasteiger partial charge in [0.15, 0.2) is 11.5 Å². The van der Waals surface area contributed by atoms with Gasteiger partial charge in [0, 0.05) is 26.6 Å². The molecule has 0 unspecified atom stereocenters. The second-order valence-corrected chi connectivity index (χ2v) is 6.75. The molecule has 0 bridgehead atoms. The Morgan fingerprint density at radius 2 is 1.77 bits per heavy atom. The number of rotatable bonds is 8. The fourth-order valence-electron chi connectivity index (χ4n) is 3.28. The number of nitrogens with one attached hydrogen (secondary N) is 1. The molecule has 8 heteroatoms. The Morgan fingerprint density at radius 3 is 2.47 bits per heavy atom. The standard InChI is InChI=1S/C22H25N3O5/c1-4-30-19-13-15(9-10-18(19)29-3)14-23-20(26)11-12-25-17-8-6-5-7-16(17)24(2)21(27)22(25)28/h5-10,13H,4,11-12,14H2,1-3H3,(H,23,26). The molecule has 158 valence electrons. The molecule has 3 rings (SSSR count). The van der Waals surface area contributed by atoms with E-state index in [1.165, 1.54) is 9.13 Å². The van der Waals surface area contributed by atoms with Crippen LogP contribution in [0.2, 0.25) is 0 Å². The number of hydrogen-bond donors (Lipinski definition) is 1. The fraction of sp³-hybridized carbons (Fsp3) is 0.318.